The van der Waals surface area contributed by atoms with Crippen molar-refractivity contribution in [1.82, 2.24) is 24.7 Å². The Labute approximate surface area is 119 Å². The molecule has 0 fully saturated rings. The average Bonchev–Trinajstić information content (AvgIpc) is 3.16. The summed E-state index contributed by atoms with van der Waals surface area (Å²) in [5.74, 6) is 1.39. The summed E-state index contributed by atoms with van der Waals surface area (Å²) in [7, 11) is 0. The number of nitrogen functional groups attached to an aromatic ring is 1. The van der Waals surface area contributed by atoms with Gasteiger partial charge in [-0.15, -0.1) is 0 Å². The molecule has 2 N–H and O–H groups in total. The van der Waals surface area contributed by atoms with Gasteiger partial charge in [-0.3, -0.25) is 0 Å². The first-order valence-corrected chi connectivity index (χ1v) is 6.30. The Kier molecular flexibility index (Phi) is 2.43. The molecule has 3 aromatic heterocycles. The van der Waals surface area contributed by atoms with Crippen molar-refractivity contribution in [3.8, 4) is 17.5 Å². The van der Waals surface area contributed by atoms with Gasteiger partial charge in [0.1, 0.15) is 5.58 Å². The second kappa shape index (κ2) is 4.41. The zero-order chi connectivity index (χ0) is 14.2. The molecule has 7 heteroatoms. The average molecular weight is 278 g/mol. The van der Waals surface area contributed by atoms with E-state index in [-0.39, 0.29) is 5.95 Å². The summed E-state index contributed by atoms with van der Waals surface area (Å²) in [6.45, 7) is 0. The van der Waals surface area contributed by atoms with Gasteiger partial charge >= 0.3 is 0 Å². The molecular formula is C14H10N6O. The Hall–Kier alpha value is -3.22. The van der Waals surface area contributed by atoms with Gasteiger partial charge in [0.25, 0.3) is 5.95 Å². The van der Waals surface area contributed by atoms with Gasteiger partial charge in [-0.25, -0.2) is 4.68 Å². The minimum atomic E-state index is 0.117. The first kappa shape index (κ1) is 11.6. The Balaban J connectivity index is 1.88. The van der Waals surface area contributed by atoms with Crippen molar-refractivity contribution in [2.75, 3.05) is 5.73 Å². The number of benzene rings is 1. The SMILES string of the molecule is Nc1nc(-c2cc3ccccc3o2)nc(-n2cccn2)n1. The lowest BCUT2D eigenvalue weighted by Gasteiger charge is -2.02. The summed E-state index contributed by atoms with van der Waals surface area (Å²) in [5.41, 5.74) is 6.52. The predicted octanol–water partition coefficient (Wildman–Crippen LogP) is 2.05. The maximum atomic E-state index is 5.75. The molecule has 0 aliphatic carbocycles. The van der Waals surface area contributed by atoms with E-state index < -0.39 is 0 Å². The summed E-state index contributed by atoms with van der Waals surface area (Å²) >= 11 is 0. The largest absolute Gasteiger partial charge is 0.453 e. The van der Waals surface area contributed by atoms with Crippen LogP contribution in [0.25, 0.3) is 28.5 Å². The fourth-order valence-corrected chi connectivity index (χ4v) is 2.07. The zero-order valence-electron chi connectivity index (χ0n) is 10.8. The predicted molar refractivity (Wildman–Crippen MR) is 76.6 cm³/mol. The van der Waals surface area contributed by atoms with E-state index in [1.165, 1.54) is 4.68 Å². The van der Waals surface area contributed by atoms with E-state index in [4.69, 9.17) is 10.2 Å². The maximum Gasteiger partial charge on any atom is 0.256 e. The number of fused-ring (bicyclic) bond motifs is 1. The number of hydrogen-bond acceptors (Lipinski definition) is 6. The Bertz CT molecular complexity index is 879. The van der Waals surface area contributed by atoms with Crippen LogP contribution in [0.3, 0.4) is 0 Å². The van der Waals surface area contributed by atoms with Gasteiger partial charge in [-0.05, 0) is 18.2 Å². The van der Waals surface area contributed by atoms with Crippen LogP contribution in [0.5, 0.6) is 0 Å². The van der Waals surface area contributed by atoms with E-state index >= 15 is 0 Å². The van der Waals surface area contributed by atoms with Crippen LogP contribution in [-0.2, 0) is 0 Å². The molecule has 0 radical (unpaired) electrons. The van der Waals surface area contributed by atoms with Crippen LogP contribution in [-0.4, -0.2) is 24.7 Å². The minimum Gasteiger partial charge on any atom is -0.453 e. The normalized spacial score (nSPS) is 11.0. The van der Waals surface area contributed by atoms with Crippen molar-refractivity contribution in [3.05, 3.63) is 48.8 Å². The molecule has 1 aromatic carbocycles. The van der Waals surface area contributed by atoms with Crippen LogP contribution in [0, 0.1) is 0 Å². The molecule has 0 bridgehead atoms. The monoisotopic (exact) mass is 278 g/mol. The van der Waals surface area contributed by atoms with E-state index in [0.29, 0.717) is 17.5 Å². The highest BCUT2D eigenvalue weighted by atomic mass is 16.3. The van der Waals surface area contributed by atoms with Gasteiger partial charge in [0.05, 0.1) is 0 Å². The molecule has 0 saturated carbocycles. The maximum absolute atomic E-state index is 5.75. The third kappa shape index (κ3) is 2.00. The van der Waals surface area contributed by atoms with E-state index in [0.717, 1.165) is 11.0 Å². The summed E-state index contributed by atoms with van der Waals surface area (Å²) < 4.78 is 7.26. The molecule has 0 aliphatic heterocycles. The van der Waals surface area contributed by atoms with Crippen molar-refractivity contribution in [3.63, 3.8) is 0 Å². The number of para-hydroxylation sites is 1. The van der Waals surface area contributed by atoms with Crippen molar-refractivity contribution in [2.24, 2.45) is 0 Å². The second-order valence-corrected chi connectivity index (χ2v) is 4.42. The quantitative estimate of drug-likeness (QED) is 0.603. The lowest BCUT2D eigenvalue weighted by Crippen LogP contribution is -2.07. The van der Waals surface area contributed by atoms with Crippen molar-refractivity contribution in [1.29, 1.82) is 0 Å². The summed E-state index contributed by atoms with van der Waals surface area (Å²) in [5, 5.41) is 5.06. The lowest BCUT2D eigenvalue weighted by atomic mass is 10.2. The van der Waals surface area contributed by atoms with Gasteiger partial charge < -0.3 is 10.2 Å². The number of furan rings is 1. The van der Waals surface area contributed by atoms with Gasteiger partial charge in [0.2, 0.25) is 11.8 Å². The van der Waals surface area contributed by atoms with Crippen LogP contribution in [0.2, 0.25) is 0 Å². The van der Waals surface area contributed by atoms with E-state index in [1.54, 1.807) is 18.5 Å². The number of nitrogens with zero attached hydrogens (tertiary/aromatic N) is 5. The van der Waals surface area contributed by atoms with E-state index in [9.17, 15) is 0 Å². The smallest absolute Gasteiger partial charge is 0.256 e. The first-order chi connectivity index (χ1) is 10.3. The van der Waals surface area contributed by atoms with E-state index in [2.05, 4.69) is 20.1 Å². The second-order valence-electron chi connectivity index (χ2n) is 4.42. The third-order valence-electron chi connectivity index (χ3n) is 3.00. The zero-order valence-corrected chi connectivity index (χ0v) is 10.8. The molecule has 7 nitrogen and oxygen atoms in total. The van der Waals surface area contributed by atoms with Crippen molar-refractivity contribution in [2.45, 2.75) is 0 Å². The van der Waals surface area contributed by atoms with Gasteiger partial charge in [0.15, 0.2) is 5.76 Å². The summed E-state index contributed by atoms with van der Waals surface area (Å²) in [6, 6.07) is 11.3. The molecule has 0 amide bonds. The highest BCUT2D eigenvalue weighted by Gasteiger charge is 2.12. The van der Waals surface area contributed by atoms with Crippen LogP contribution < -0.4 is 5.73 Å². The standard InChI is InChI=1S/C14H10N6O/c15-13-17-12(18-14(19-13)20-7-3-6-16-20)11-8-9-4-1-2-5-10(9)21-11/h1-8H,(H2,15,17,18,19). The van der Waals surface area contributed by atoms with Crippen molar-refractivity contribution >= 4 is 16.9 Å². The molecule has 4 aromatic rings. The fraction of sp³-hybridized carbons (Fsp3) is 0. The van der Waals surface area contributed by atoms with Crippen LogP contribution >= 0.6 is 0 Å². The molecule has 0 atom stereocenters. The van der Waals surface area contributed by atoms with Crippen LogP contribution in [0.1, 0.15) is 0 Å². The summed E-state index contributed by atoms with van der Waals surface area (Å²) in [4.78, 5) is 12.5. The Morgan fingerprint density at radius 2 is 1.95 bits per heavy atom. The van der Waals surface area contributed by atoms with Gasteiger partial charge in [0, 0.05) is 17.8 Å². The van der Waals surface area contributed by atoms with Crippen LogP contribution in [0.4, 0.5) is 5.95 Å². The molecule has 3 heterocycles. The molecule has 21 heavy (non-hydrogen) atoms. The third-order valence-corrected chi connectivity index (χ3v) is 3.00. The number of anilines is 1. The molecular weight excluding hydrogens is 268 g/mol. The first-order valence-electron chi connectivity index (χ1n) is 6.30. The fourth-order valence-electron chi connectivity index (χ4n) is 2.07. The Morgan fingerprint density at radius 1 is 1.05 bits per heavy atom. The van der Waals surface area contributed by atoms with Gasteiger partial charge in [-0.2, -0.15) is 20.1 Å². The Morgan fingerprint density at radius 3 is 2.76 bits per heavy atom. The highest BCUT2D eigenvalue weighted by molar-refractivity contribution is 5.81. The van der Waals surface area contributed by atoms with Gasteiger partial charge in [-0.1, -0.05) is 18.2 Å². The summed E-state index contributed by atoms with van der Waals surface area (Å²) in [6.07, 6.45) is 3.37. The molecule has 0 aliphatic rings. The molecule has 4 rings (SSSR count). The number of nitrogens with two attached hydrogens (primary N) is 1. The molecule has 102 valence electrons. The minimum absolute atomic E-state index is 0.117. The molecule has 0 spiro atoms. The number of rotatable bonds is 2. The topological polar surface area (TPSA) is 95.7 Å². The highest BCUT2D eigenvalue weighted by Crippen LogP contribution is 2.25. The van der Waals surface area contributed by atoms with E-state index in [1.807, 2.05) is 30.3 Å². The van der Waals surface area contributed by atoms with Crippen LogP contribution in [0.15, 0.2) is 53.2 Å². The van der Waals surface area contributed by atoms with Crippen molar-refractivity contribution < 1.29 is 4.42 Å². The number of hydrogen-bond donors (Lipinski definition) is 1. The lowest BCUT2D eigenvalue weighted by molar-refractivity contribution is 0.623. The molecule has 0 unspecified atom stereocenters. The number of aromatic nitrogens is 5. The molecule has 0 saturated heterocycles.